The molecule has 144 valence electrons. The molecule has 8 nitrogen and oxygen atoms in total. The van der Waals surface area contributed by atoms with Crippen LogP contribution in [0.25, 0.3) is 0 Å². The maximum absolute atomic E-state index is 13.0. The van der Waals surface area contributed by atoms with E-state index < -0.39 is 48.9 Å². The van der Waals surface area contributed by atoms with Crippen LogP contribution < -0.4 is 8.37 Å². The van der Waals surface area contributed by atoms with Gasteiger partial charge in [0, 0.05) is 16.7 Å². The zero-order valence-electron chi connectivity index (χ0n) is 14.1. The van der Waals surface area contributed by atoms with Gasteiger partial charge < -0.3 is 8.37 Å². The molecule has 3 rings (SSSR count). The molecule has 1 aliphatic rings. The third kappa shape index (κ3) is 3.35. The molecule has 0 bridgehead atoms. The summed E-state index contributed by atoms with van der Waals surface area (Å²) in [4.78, 5) is 25.7. The maximum Gasteiger partial charge on any atom is 0.331 e. The summed E-state index contributed by atoms with van der Waals surface area (Å²) in [5.41, 5.74) is -0.429. The Kier molecular flexibility index (Phi) is 4.69. The summed E-state index contributed by atoms with van der Waals surface area (Å²) in [6.45, 7) is 6.17. The van der Waals surface area contributed by atoms with Crippen LogP contribution in [-0.2, 0) is 20.2 Å². The topological polar surface area (TPSA) is 121 Å². The number of hydrogen-bond acceptors (Lipinski definition) is 8. The van der Waals surface area contributed by atoms with E-state index in [4.69, 9.17) is 8.37 Å². The van der Waals surface area contributed by atoms with Gasteiger partial charge in [-0.3, -0.25) is 9.59 Å². The molecule has 0 aliphatic heterocycles. The number of hydrogen-bond donors (Lipinski definition) is 0. The monoisotopic (exact) mass is 420 g/mol. The Labute approximate surface area is 161 Å². The van der Waals surface area contributed by atoms with Gasteiger partial charge in [-0.25, -0.2) is 0 Å². The Balaban J connectivity index is 2.32. The lowest BCUT2D eigenvalue weighted by Gasteiger charge is -2.21. The Bertz CT molecular complexity index is 1250. The molecule has 0 N–H and O–H groups in total. The molecule has 0 saturated carbocycles. The predicted octanol–water partition coefficient (Wildman–Crippen LogP) is 2.17. The molecule has 0 spiro atoms. The number of rotatable bonds is 6. The van der Waals surface area contributed by atoms with Crippen LogP contribution in [0.2, 0.25) is 0 Å². The van der Waals surface area contributed by atoms with Crippen molar-refractivity contribution in [2.75, 3.05) is 0 Å². The standard InChI is InChI=1S/C18H12O8S2/c1-3-27(21,22)25-14-10-9-13-15(18(14)26-28(23,24)4-2)17(20)12-8-6-5-7-11(12)16(13)19/h3-10H,1-2H2. The molecule has 0 atom stereocenters. The summed E-state index contributed by atoms with van der Waals surface area (Å²) < 4.78 is 57.0. The fourth-order valence-electron chi connectivity index (χ4n) is 2.59. The van der Waals surface area contributed by atoms with Crippen molar-refractivity contribution in [3.8, 4) is 11.5 Å². The molecular formula is C18H12O8S2. The number of carbonyl (C=O) groups is 2. The second kappa shape index (κ2) is 6.73. The summed E-state index contributed by atoms with van der Waals surface area (Å²) >= 11 is 0. The third-order valence-electron chi connectivity index (χ3n) is 3.82. The average Bonchev–Trinajstić information content (AvgIpc) is 2.67. The molecule has 0 amide bonds. The van der Waals surface area contributed by atoms with Gasteiger partial charge in [-0.1, -0.05) is 37.4 Å². The van der Waals surface area contributed by atoms with Crippen LogP contribution in [0.5, 0.6) is 11.5 Å². The van der Waals surface area contributed by atoms with Crippen molar-refractivity contribution in [3.05, 3.63) is 82.6 Å². The molecule has 0 aromatic heterocycles. The quantitative estimate of drug-likeness (QED) is 0.556. The first-order valence-corrected chi connectivity index (χ1v) is 10.5. The van der Waals surface area contributed by atoms with E-state index in [1.165, 1.54) is 18.2 Å². The number of benzene rings is 2. The van der Waals surface area contributed by atoms with Gasteiger partial charge in [-0.15, -0.1) is 0 Å². The molecular weight excluding hydrogens is 408 g/mol. The van der Waals surface area contributed by atoms with Crippen molar-refractivity contribution >= 4 is 31.8 Å². The normalized spacial score (nSPS) is 13.3. The summed E-state index contributed by atoms with van der Waals surface area (Å²) in [7, 11) is -8.72. The Hall–Kier alpha value is -3.24. The highest BCUT2D eigenvalue weighted by Crippen LogP contribution is 2.41. The molecule has 28 heavy (non-hydrogen) atoms. The molecule has 2 aromatic carbocycles. The van der Waals surface area contributed by atoms with Crippen LogP contribution in [-0.4, -0.2) is 28.4 Å². The van der Waals surface area contributed by atoms with Crippen molar-refractivity contribution in [1.29, 1.82) is 0 Å². The lowest BCUT2D eigenvalue weighted by molar-refractivity contribution is 0.0977. The number of carbonyl (C=O) groups excluding carboxylic acids is 2. The lowest BCUT2D eigenvalue weighted by Crippen LogP contribution is -2.23. The van der Waals surface area contributed by atoms with Gasteiger partial charge in [0.25, 0.3) is 0 Å². The fraction of sp³-hybridized carbons (Fsp3) is 0. The largest absolute Gasteiger partial charge is 0.375 e. The van der Waals surface area contributed by atoms with Gasteiger partial charge in [-0.2, -0.15) is 16.8 Å². The van der Waals surface area contributed by atoms with Crippen molar-refractivity contribution in [3.63, 3.8) is 0 Å². The molecule has 1 aliphatic carbocycles. The predicted molar refractivity (Wildman–Crippen MR) is 99.2 cm³/mol. The van der Waals surface area contributed by atoms with E-state index in [0.717, 1.165) is 12.1 Å². The van der Waals surface area contributed by atoms with Gasteiger partial charge in [0.2, 0.25) is 0 Å². The molecule has 2 aromatic rings. The first-order chi connectivity index (χ1) is 13.1. The minimum atomic E-state index is -4.41. The highest BCUT2D eigenvalue weighted by molar-refractivity contribution is 7.90. The van der Waals surface area contributed by atoms with Crippen LogP contribution in [0, 0.1) is 0 Å². The van der Waals surface area contributed by atoms with E-state index in [9.17, 15) is 26.4 Å². The van der Waals surface area contributed by atoms with E-state index in [1.54, 1.807) is 6.07 Å². The number of fused-ring (bicyclic) bond motifs is 2. The molecule has 0 heterocycles. The second-order valence-corrected chi connectivity index (χ2v) is 8.48. The van der Waals surface area contributed by atoms with Gasteiger partial charge >= 0.3 is 20.2 Å². The summed E-state index contributed by atoms with van der Waals surface area (Å²) in [5.74, 6) is -2.59. The van der Waals surface area contributed by atoms with Crippen LogP contribution in [0.3, 0.4) is 0 Å². The average molecular weight is 420 g/mol. The molecule has 10 heteroatoms. The number of ketones is 2. The fourth-order valence-corrected chi connectivity index (χ4v) is 3.51. The maximum atomic E-state index is 13.0. The van der Waals surface area contributed by atoms with Crippen LogP contribution in [0.1, 0.15) is 31.8 Å². The second-order valence-electron chi connectivity index (χ2n) is 5.50. The highest BCUT2D eigenvalue weighted by Gasteiger charge is 2.35. The van der Waals surface area contributed by atoms with E-state index in [2.05, 4.69) is 13.2 Å². The zero-order chi connectivity index (χ0) is 20.7. The summed E-state index contributed by atoms with van der Waals surface area (Å²) in [6, 6.07) is 8.12. The van der Waals surface area contributed by atoms with E-state index in [-0.39, 0.29) is 16.7 Å². The van der Waals surface area contributed by atoms with Gasteiger partial charge in [0.1, 0.15) is 0 Å². The summed E-state index contributed by atoms with van der Waals surface area (Å²) in [5, 5.41) is 0.946. The van der Waals surface area contributed by atoms with Gasteiger partial charge in [0.15, 0.2) is 23.1 Å². The molecule has 0 fully saturated rings. The van der Waals surface area contributed by atoms with Crippen molar-refractivity contribution in [2.45, 2.75) is 0 Å². The minimum absolute atomic E-state index is 0.0181. The lowest BCUT2D eigenvalue weighted by atomic mass is 9.83. The first kappa shape index (κ1) is 19.5. The van der Waals surface area contributed by atoms with Crippen LogP contribution in [0.4, 0.5) is 0 Å². The van der Waals surface area contributed by atoms with E-state index in [1.807, 2.05) is 0 Å². The summed E-state index contributed by atoms with van der Waals surface area (Å²) in [6.07, 6.45) is 0. The Morgan fingerprint density at radius 1 is 0.714 bits per heavy atom. The van der Waals surface area contributed by atoms with Crippen molar-refractivity contribution in [2.24, 2.45) is 0 Å². The van der Waals surface area contributed by atoms with E-state index in [0.29, 0.717) is 10.8 Å². The zero-order valence-corrected chi connectivity index (χ0v) is 15.7. The van der Waals surface area contributed by atoms with Gasteiger partial charge in [0.05, 0.1) is 16.4 Å². The molecule has 0 unspecified atom stereocenters. The Morgan fingerprint density at radius 2 is 1.25 bits per heavy atom. The van der Waals surface area contributed by atoms with Crippen LogP contribution in [0.15, 0.2) is 60.4 Å². The SMILES string of the molecule is C=CS(=O)(=O)Oc1ccc2c(c1OS(=O)(=O)C=C)C(=O)c1ccccc1C2=O. The van der Waals surface area contributed by atoms with E-state index >= 15 is 0 Å². The van der Waals surface area contributed by atoms with Crippen molar-refractivity contribution in [1.82, 2.24) is 0 Å². The Morgan fingerprint density at radius 3 is 1.82 bits per heavy atom. The first-order valence-electron chi connectivity index (χ1n) is 7.59. The smallest absolute Gasteiger partial charge is 0.331 e. The minimum Gasteiger partial charge on any atom is -0.375 e. The molecule has 0 radical (unpaired) electrons. The van der Waals surface area contributed by atoms with Crippen LogP contribution >= 0.6 is 0 Å². The molecule has 0 saturated heterocycles. The van der Waals surface area contributed by atoms with Gasteiger partial charge in [-0.05, 0) is 12.1 Å². The van der Waals surface area contributed by atoms with Crippen molar-refractivity contribution < 1.29 is 34.8 Å². The third-order valence-corrected chi connectivity index (χ3v) is 5.45. The highest BCUT2D eigenvalue weighted by atomic mass is 32.2.